The highest BCUT2D eigenvalue weighted by molar-refractivity contribution is 6.09. The SMILES string of the molecule is C1=C(c2ccccc2)CC(c2ccccc2)[O+]=C1c1ccccc1. The summed E-state index contributed by atoms with van der Waals surface area (Å²) in [7, 11) is 0. The maximum atomic E-state index is 6.35. The second-order valence-electron chi connectivity index (χ2n) is 5.99. The monoisotopic (exact) mass is 311 g/mol. The van der Waals surface area contributed by atoms with E-state index in [1.54, 1.807) is 0 Å². The lowest BCUT2D eigenvalue weighted by molar-refractivity contribution is -0.331. The van der Waals surface area contributed by atoms with Crippen molar-refractivity contribution in [3.8, 4) is 0 Å². The summed E-state index contributed by atoms with van der Waals surface area (Å²) in [5.41, 5.74) is 4.91. The van der Waals surface area contributed by atoms with Crippen LogP contribution in [-0.4, -0.2) is 5.78 Å². The van der Waals surface area contributed by atoms with Crippen LogP contribution < -0.4 is 0 Å². The summed E-state index contributed by atoms with van der Waals surface area (Å²) in [6.45, 7) is 0. The number of hydrogen-bond donors (Lipinski definition) is 0. The lowest BCUT2D eigenvalue weighted by atomic mass is 9.92. The van der Waals surface area contributed by atoms with Crippen molar-refractivity contribution in [1.82, 2.24) is 0 Å². The van der Waals surface area contributed by atoms with Gasteiger partial charge in [0.15, 0.2) is 0 Å². The number of rotatable bonds is 3. The van der Waals surface area contributed by atoms with Gasteiger partial charge in [0.1, 0.15) is 0 Å². The van der Waals surface area contributed by atoms with Crippen molar-refractivity contribution in [1.29, 1.82) is 0 Å². The van der Waals surface area contributed by atoms with Gasteiger partial charge in [-0.1, -0.05) is 66.7 Å². The molecule has 3 aromatic rings. The van der Waals surface area contributed by atoms with Crippen molar-refractivity contribution in [2.24, 2.45) is 0 Å². The van der Waals surface area contributed by atoms with E-state index in [2.05, 4.69) is 72.8 Å². The Morgan fingerprint density at radius 2 is 1.17 bits per heavy atom. The molecule has 0 aliphatic carbocycles. The third-order valence-corrected chi connectivity index (χ3v) is 4.35. The molecule has 0 radical (unpaired) electrons. The van der Waals surface area contributed by atoms with Crippen LogP contribution >= 0.6 is 0 Å². The molecule has 0 saturated heterocycles. The third kappa shape index (κ3) is 3.07. The Balaban J connectivity index is 1.79. The fourth-order valence-corrected chi connectivity index (χ4v) is 3.11. The van der Waals surface area contributed by atoms with Crippen LogP contribution in [0.2, 0.25) is 0 Å². The number of benzene rings is 3. The lowest BCUT2D eigenvalue weighted by Gasteiger charge is -2.13. The van der Waals surface area contributed by atoms with Gasteiger partial charge in [0.2, 0.25) is 0 Å². The molecule has 1 nitrogen and oxygen atoms in total. The van der Waals surface area contributed by atoms with Crippen LogP contribution in [0.15, 0.2) is 97.1 Å². The topological polar surface area (TPSA) is 11.3 Å². The zero-order valence-corrected chi connectivity index (χ0v) is 13.4. The average molecular weight is 311 g/mol. The van der Waals surface area contributed by atoms with Crippen molar-refractivity contribution < 1.29 is 4.42 Å². The first-order valence-corrected chi connectivity index (χ1v) is 8.30. The number of carbonyl (C=O) groups excluding carboxylic acids is 1. The first-order chi connectivity index (χ1) is 11.9. The molecule has 1 aliphatic heterocycles. The van der Waals surface area contributed by atoms with Crippen LogP contribution in [0, 0.1) is 0 Å². The summed E-state index contributed by atoms with van der Waals surface area (Å²) < 4.78 is 6.35. The van der Waals surface area contributed by atoms with E-state index >= 15 is 0 Å². The van der Waals surface area contributed by atoms with Crippen LogP contribution in [0.25, 0.3) is 5.57 Å². The van der Waals surface area contributed by atoms with E-state index in [0.29, 0.717) is 0 Å². The summed E-state index contributed by atoms with van der Waals surface area (Å²) in [6.07, 6.45) is 3.11. The minimum Gasteiger partial charge on any atom is -0.245 e. The van der Waals surface area contributed by atoms with Crippen LogP contribution in [-0.2, 0) is 0 Å². The van der Waals surface area contributed by atoms with E-state index in [1.165, 1.54) is 16.7 Å². The summed E-state index contributed by atoms with van der Waals surface area (Å²) in [5, 5.41) is 0. The second-order valence-corrected chi connectivity index (χ2v) is 5.99. The molecule has 0 fully saturated rings. The van der Waals surface area contributed by atoms with Crippen molar-refractivity contribution in [2.45, 2.75) is 12.5 Å². The highest BCUT2D eigenvalue weighted by Gasteiger charge is 2.30. The third-order valence-electron chi connectivity index (χ3n) is 4.35. The van der Waals surface area contributed by atoms with Gasteiger partial charge in [0, 0.05) is 6.08 Å². The summed E-state index contributed by atoms with van der Waals surface area (Å²) in [6, 6.07) is 31.4. The van der Waals surface area contributed by atoms with Gasteiger partial charge in [-0.15, -0.1) is 0 Å². The Morgan fingerprint density at radius 1 is 0.625 bits per heavy atom. The van der Waals surface area contributed by atoms with Gasteiger partial charge in [-0.3, -0.25) is 0 Å². The largest absolute Gasteiger partial charge is 0.352 e. The van der Waals surface area contributed by atoms with E-state index < -0.39 is 0 Å². The first-order valence-electron chi connectivity index (χ1n) is 8.30. The zero-order valence-electron chi connectivity index (χ0n) is 13.4. The van der Waals surface area contributed by atoms with Crippen LogP contribution in [0.4, 0.5) is 0 Å². The molecular weight excluding hydrogens is 292 g/mol. The molecule has 0 spiro atoms. The van der Waals surface area contributed by atoms with Crippen molar-refractivity contribution in [3.05, 3.63) is 114 Å². The number of hydrogen-bond acceptors (Lipinski definition) is 0. The van der Waals surface area contributed by atoms with Crippen molar-refractivity contribution in [3.63, 3.8) is 0 Å². The fourth-order valence-electron chi connectivity index (χ4n) is 3.11. The highest BCUT2D eigenvalue weighted by atomic mass is 16.4. The molecule has 1 heterocycles. The Morgan fingerprint density at radius 3 is 1.79 bits per heavy atom. The highest BCUT2D eigenvalue weighted by Crippen LogP contribution is 2.34. The summed E-state index contributed by atoms with van der Waals surface area (Å²) in [4.78, 5) is 0. The molecule has 24 heavy (non-hydrogen) atoms. The van der Waals surface area contributed by atoms with Gasteiger partial charge in [-0.25, -0.2) is 4.42 Å². The van der Waals surface area contributed by atoms with Gasteiger partial charge in [-0.05, 0) is 35.4 Å². The molecule has 0 amide bonds. The Hall–Kier alpha value is -2.93. The zero-order chi connectivity index (χ0) is 16.2. The van der Waals surface area contributed by atoms with E-state index in [-0.39, 0.29) is 6.10 Å². The molecule has 1 heteroatoms. The van der Waals surface area contributed by atoms with Crippen LogP contribution in [0.1, 0.15) is 33.6 Å². The maximum Gasteiger partial charge on any atom is 0.352 e. The summed E-state index contributed by atoms with van der Waals surface area (Å²) >= 11 is 0. The van der Waals surface area contributed by atoms with Gasteiger partial charge < -0.3 is 0 Å². The van der Waals surface area contributed by atoms with E-state index in [4.69, 9.17) is 4.42 Å². The van der Waals surface area contributed by atoms with Crippen molar-refractivity contribution in [2.75, 3.05) is 0 Å². The molecule has 0 aromatic heterocycles. The first kappa shape index (κ1) is 14.6. The maximum absolute atomic E-state index is 6.35. The van der Waals surface area contributed by atoms with Crippen LogP contribution in [0.5, 0.6) is 0 Å². The molecule has 1 atom stereocenters. The molecule has 4 rings (SSSR count). The molecule has 1 aliphatic rings. The molecule has 3 aromatic carbocycles. The number of ketones is 1. The molecule has 1 unspecified atom stereocenters. The number of allylic oxidation sites excluding steroid dienone is 1. The van der Waals surface area contributed by atoms with Gasteiger partial charge in [-0.2, -0.15) is 0 Å². The Labute approximate surface area is 142 Å². The second kappa shape index (κ2) is 6.67. The van der Waals surface area contributed by atoms with E-state index in [1.807, 2.05) is 24.3 Å². The van der Waals surface area contributed by atoms with Gasteiger partial charge in [0.05, 0.1) is 17.5 Å². The predicted octanol–water partition coefficient (Wildman–Crippen LogP) is 5.63. The normalized spacial score (nSPS) is 17.1. The van der Waals surface area contributed by atoms with Crippen LogP contribution in [0.3, 0.4) is 0 Å². The lowest BCUT2D eigenvalue weighted by Crippen LogP contribution is -2.11. The van der Waals surface area contributed by atoms with Gasteiger partial charge in [0.25, 0.3) is 0 Å². The quantitative estimate of drug-likeness (QED) is 0.555. The smallest absolute Gasteiger partial charge is 0.245 e. The molecule has 0 N–H and O–H groups in total. The van der Waals surface area contributed by atoms with E-state index in [0.717, 1.165) is 17.8 Å². The fraction of sp³-hybridized carbons (Fsp3) is 0.0870. The molecular formula is C23H19O+. The minimum atomic E-state index is 0.0432. The van der Waals surface area contributed by atoms with Crippen molar-refractivity contribution >= 4 is 11.4 Å². The average Bonchev–Trinajstić information content (AvgIpc) is 2.70. The summed E-state index contributed by atoms with van der Waals surface area (Å²) in [5.74, 6) is 0.939. The minimum absolute atomic E-state index is 0.0432. The molecule has 116 valence electrons. The predicted molar refractivity (Wildman–Crippen MR) is 99.0 cm³/mol. The van der Waals surface area contributed by atoms with E-state index in [9.17, 15) is 0 Å². The van der Waals surface area contributed by atoms with Gasteiger partial charge >= 0.3 is 11.9 Å². The Kier molecular flexibility index (Phi) is 4.07. The standard InChI is InChI=1S/C23H19O/c1-4-10-18(11-5-1)21-16-22(19-12-6-2-7-13-19)24-23(17-21)20-14-8-3-9-15-20/h1-16,23H,17H2/q+1. The molecule has 0 saturated carbocycles. The Bertz CT molecular complexity index is 862. The molecule has 0 bridgehead atoms.